The molecule has 1 spiro atoms. The van der Waals surface area contributed by atoms with Crippen molar-refractivity contribution in [2.45, 2.75) is 58.3 Å². The zero-order chi connectivity index (χ0) is 21.1. The molecule has 2 aliphatic heterocycles. The van der Waals surface area contributed by atoms with Crippen molar-refractivity contribution in [3.8, 4) is 0 Å². The summed E-state index contributed by atoms with van der Waals surface area (Å²) in [5.41, 5.74) is 6.67. The largest absolute Gasteiger partial charge is 0.378 e. The molecule has 4 nitrogen and oxygen atoms in total. The van der Waals surface area contributed by atoms with Gasteiger partial charge in [0.05, 0.1) is 13.2 Å². The highest BCUT2D eigenvalue weighted by molar-refractivity contribution is 5.85. The maximum Gasteiger partial charge on any atom is 0.0642 e. The Hall–Kier alpha value is -1.23. The SMILES string of the molecule is CCCCCN1CCN(c2ccc(N3CCOCC3)cc2C2=CCC3(CC2)CC3)CC1.Cl. The molecule has 1 aromatic carbocycles. The van der Waals surface area contributed by atoms with Crippen molar-refractivity contribution >= 4 is 29.4 Å². The number of morpholine rings is 1. The van der Waals surface area contributed by atoms with E-state index in [0.29, 0.717) is 5.41 Å². The van der Waals surface area contributed by atoms with E-state index in [4.69, 9.17) is 4.74 Å². The fraction of sp³-hybridized carbons (Fsp3) is 0.704. The average Bonchev–Trinajstić information content (AvgIpc) is 3.59. The van der Waals surface area contributed by atoms with Crippen molar-refractivity contribution in [2.24, 2.45) is 5.41 Å². The van der Waals surface area contributed by atoms with Gasteiger partial charge in [0.1, 0.15) is 0 Å². The third-order valence-corrected chi connectivity index (χ3v) is 8.16. The second-order valence-electron chi connectivity index (χ2n) is 10.3. The quantitative estimate of drug-likeness (QED) is 0.493. The molecule has 0 unspecified atom stereocenters. The van der Waals surface area contributed by atoms with Crippen molar-refractivity contribution in [1.82, 2.24) is 4.90 Å². The predicted octanol–water partition coefficient (Wildman–Crippen LogP) is 5.60. The molecular formula is C27H42ClN3O. The van der Waals surface area contributed by atoms with E-state index in [2.05, 4.69) is 45.9 Å². The first-order chi connectivity index (χ1) is 15.3. The number of unbranched alkanes of at least 4 members (excludes halogenated alkanes) is 2. The molecule has 0 amide bonds. The van der Waals surface area contributed by atoms with Crippen molar-refractivity contribution in [1.29, 1.82) is 0 Å². The number of nitrogens with zero attached hydrogens (tertiary/aromatic N) is 3. The van der Waals surface area contributed by atoms with Crippen molar-refractivity contribution < 1.29 is 4.74 Å². The van der Waals surface area contributed by atoms with Crippen LogP contribution in [-0.2, 0) is 4.74 Å². The van der Waals surface area contributed by atoms with Crippen LogP contribution in [0.1, 0.15) is 63.9 Å². The molecule has 2 heterocycles. The van der Waals surface area contributed by atoms with Crippen LogP contribution in [0.15, 0.2) is 24.3 Å². The molecule has 1 aromatic rings. The lowest BCUT2D eigenvalue weighted by Crippen LogP contribution is -2.47. The predicted molar refractivity (Wildman–Crippen MR) is 138 cm³/mol. The number of anilines is 2. The number of hydrogen-bond acceptors (Lipinski definition) is 4. The molecule has 0 N–H and O–H groups in total. The molecule has 32 heavy (non-hydrogen) atoms. The average molecular weight is 460 g/mol. The van der Waals surface area contributed by atoms with E-state index in [1.54, 1.807) is 5.57 Å². The van der Waals surface area contributed by atoms with E-state index in [-0.39, 0.29) is 12.4 Å². The lowest BCUT2D eigenvalue weighted by Gasteiger charge is -2.38. The smallest absolute Gasteiger partial charge is 0.0642 e. The number of piperazine rings is 1. The summed E-state index contributed by atoms with van der Waals surface area (Å²) >= 11 is 0. The number of allylic oxidation sites excluding steroid dienone is 2. The molecule has 0 bridgehead atoms. The lowest BCUT2D eigenvalue weighted by atomic mass is 9.83. The molecule has 2 saturated heterocycles. The Kier molecular flexibility index (Phi) is 8.07. The van der Waals surface area contributed by atoms with Gasteiger partial charge in [-0.1, -0.05) is 25.8 Å². The van der Waals surface area contributed by atoms with Crippen LogP contribution < -0.4 is 9.80 Å². The fourth-order valence-corrected chi connectivity index (χ4v) is 5.69. The number of halogens is 1. The van der Waals surface area contributed by atoms with Crippen LogP contribution in [0.3, 0.4) is 0 Å². The summed E-state index contributed by atoms with van der Waals surface area (Å²) in [6.07, 6.45) is 13.5. The molecule has 5 rings (SSSR count). The molecule has 1 saturated carbocycles. The number of ether oxygens (including phenoxy) is 1. The Morgan fingerprint density at radius 3 is 2.34 bits per heavy atom. The minimum absolute atomic E-state index is 0. The van der Waals surface area contributed by atoms with Gasteiger partial charge in [0.2, 0.25) is 0 Å². The Morgan fingerprint density at radius 2 is 1.69 bits per heavy atom. The maximum atomic E-state index is 5.60. The molecule has 4 aliphatic rings. The summed E-state index contributed by atoms with van der Waals surface area (Å²) in [5.74, 6) is 0. The number of rotatable bonds is 7. The molecule has 5 heteroatoms. The van der Waals surface area contributed by atoms with Crippen molar-refractivity contribution in [3.05, 3.63) is 29.8 Å². The second-order valence-corrected chi connectivity index (χ2v) is 10.3. The first-order valence-electron chi connectivity index (χ1n) is 12.9. The van der Waals surface area contributed by atoms with Gasteiger partial charge in [-0.15, -0.1) is 12.4 Å². The normalized spacial score (nSPS) is 23.1. The minimum atomic E-state index is 0. The lowest BCUT2D eigenvalue weighted by molar-refractivity contribution is 0.122. The van der Waals surface area contributed by atoms with Gasteiger partial charge in [0.15, 0.2) is 0 Å². The summed E-state index contributed by atoms with van der Waals surface area (Å²) in [4.78, 5) is 7.84. The minimum Gasteiger partial charge on any atom is -0.378 e. The molecule has 2 aliphatic carbocycles. The molecule has 0 radical (unpaired) electrons. The molecular weight excluding hydrogens is 418 g/mol. The van der Waals surface area contributed by atoms with E-state index in [1.165, 1.54) is 87.9 Å². The zero-order valence-electron chi connectivity index (χ0n) is 20.0. The van der Waals surface area contributed by atoms with Gasteiger partial charge < -0.3 is 14.5 Å². The van der Waals surface area contributed by atoms with Gasteiger partial charge in [-0.2, -0.15) is 0 Å². The summed E-state index contributed by atoms with van der Waals surface area (Å²) in [6, 6.07) is 7.30. The van der Waals surface area contributed by atoms with Gasteiger partial charge in [-0.05, 0) is 74.3 Å². The van der Waals surface area contributed by atoms with Crippen LogP contribution in [0.4, 0.5) is 11.4 Å². The highest BCUT2D eigenvalue weighted by Crippen LogP contribution is 2.57. The van der Waals surface area contributed by atoms with Gasteiger partial charge in [-0.25, -0.2) is 0 Å². The zero-order valence-corrected chi connectivity index (χ0v) is 20.8. The van der Waals surface area contributed by atoms with Crippen molar-refractivity contribution in [2.75, 3.05) is 68.8 Å². The fourth-order valence-electron chi connectivity index (χ4n) is 5.69. The van der Waals surface area contributed by atoms with Crippen LogP contribution in [0.2, 0.25) is 0 Å². The van der Waals surface area contributed by atoms with E-state index >= 15 is 0 Å². The van der Waals surface area contributed by atoms with Gasteiger partial charge in [-0.3, -0.25) is 4.90 Å². The summed E-state index contributed by atoms with van der Waals surface area (Å²) in [6.45, 7) is 12.0. The topological polar surface area (TPSA) is 19.0 Å². The first kappa shape index (κ1) is 23.9. The van der Waals surface area contributed by atoms with Gasteiger partial charge in [0, 0.05) is 56.2 Å². The summed E-state index contributed by atoms with van der Waals surface area (Å²) in [7, 11) is 0. The van der Waals surface area contributed by atoms with Gasteiger partial charge >= 0.3 is 0 Å². The van der Waals surface area contributed by atoms with E-state index in [0.717, 1.165) is 39.4 Å². The second kappa shape index (κ2) is 10.8. The van der Waals surface area contributed by atoms with E-state index in [1.807, 2.05) is 0 Å². The van der Waals surface area contributed by atoms with Crippen LogP contribution in [0, 0.1) is 5.41 Å². The molecule has 0 atom stereocenters. The van der Waals surface area contributed by atoms with Crippen LogP contribution in [0.5, 0.6) is 0 Å². The Morgan fingerprint density at radius 1 is 0.906 bits per heavy atom. The highest BCUT2D eigenvalue weighted by atomic mass is 35.5. The van der Waals surface area contributed by atoms with E-state index in [9.17, 15) is 0 Å². The molecule has 0 aromatic heterocycles. The number of hydrogen-bond donors (Lipinski definition) is 0. The maximum absolute atomic E-state index is 5.60. The highest BCUT2D eigenvalue weighted by Gasteiger charge is 2.43. The molecule has 3 fully saturated rings. The van der Waals surface area contributed by atoms with Gasteiger partial charge in [0.25, 0.3) is 0 Å². The van der Waals surface area contributed by atoms with Crippen LogP contribution >= 0.6 is 12.4 Å². The first-order valence-corrected chi connectivity index (χ1v) is 12.9. The Bertz CT molecular complexity index is 777. The Labute approximate surface area is 201 Å². The molecule has 178 valence electrons. The van der Waals surface area contributed by atoms with Crippen LogP contribution in [0.25, 0.3) is 5.57 Å². The summed E-state index contributed by atoms with van der Waals surface area (Å²) in [5, 5.41) is 0. The monoisotopic (exact) mass is 459 g/mol. The Balaban J connectivity index is 0.00000245. The third kappa shape index (κ3) is 5.46. The van der Waals surface area contributed by atoms with Crippen molar-refractivity contribution in [3.63, 3.8) is 0 Å². The summed E-state index contributed by atoms with van der Waals surface area (Å²) < 4.78 is 5.60. The third-order valence-electron chi connectivity index (χ3n) is 8.16. The number of benzene rings is 1. The van der Waals surface area contributed by atoms with E-state index < -0.39 is 0 Å². The standard InChI is InChI=1S/C27H41N3O.ClH/c1-2-3-4-13-28-14-16-30(17-15-28)26-6-5-24(29-18-20-31-21-19-29)22-25(26)23-7-9-27(10-8-23)11-12-27;/h5-7,22H,2-4,8-21H2,1H3;1H. The van der Waals surface area contributed by atoms with Crippen LogP contribution in [-0.4, -0.2) is 63.9 Å².